The van der Waals surface area contributed by atoms with E-state index in [0.717, 1.165) is 21.0 Å². The largest absolute Gasteiger partial charge is 0.466 e. The number of benzene rings is 1. The Labute approximate surface area is 107 Å². The molecule has 2 rings (SSSR count). The molecular weight excluding hydrogens is 284 g/mol. The molecule has 0 saturated heterocycles. The van der Waals surface area contributed by atoms with E-state index in [1.54, 1.807) is 0 Å². The molecule has 0 bridgehead atoms. The van der Waals surface area contributed by atoms with Crippen LogP contribution < -0.4 is 0 Å². The molecule has 0 amide bonds. The van der Waals surface area contributed by atoms with Gasteiger partial charge in [-0.1, -0.05) is 15.9 Å². The van der Waals surface area contributed by atoms with Gasteiger partial charge in [-0.3, -0.25) is 0 Å². The molecule has 0 atom stereocenters. The molecule has 88 valence electrons. The fraction of sp³-hybridized carbons (Fsp3) is 0.154. The zero-order valence-corrected chi connectivity index (χ0v) is 11.1. The quantitative estimate of drug-likeness (QED) is 0.625. The maximum Gasteiger partial charge on any atom is 0.330 e. The van der Waals surface area contributed by atoms with Gasteiger partial charge in [0.05, 0.1) is 7.11 Å². The van der Waals surface area contributed by atoms with Crippen molar-refractivity contribution < 1.29 is 13.9 Å². The monoisotopic (exact) mass is 294 g/mol. The van der Waals surface area contributed by atoms with Crippen LogP contribution in [0.1, 0.15) is 12.7 Å². The van der Waals surface area contributed by atoms with Gasteiger partial charge in [-0.2, -0.15) is 0 Å². The van der Waals surface area contributed by atoms with Crippen LogP contribution in [0.25, 0.3) is 16.5 Å². The van der Waals surface area contributed by atoms with Crippen molar-refractivity contribution in [2.24, 2.45) is 0 Å². The second-order valence-corrected chi connectivity index (χ2v) is 4.56. The van der Waals surface area contributed by atoms with E-state index in [1.165, 1.54) is 13.2 Å². The lowest BCUT2D eigenvalue weighted by atomic mass is 10.2. The SMILES string of the molecule is COC(=O)/C=C(/C)c1cc2cc(Br)ccc2o1. The summed E-state index contributed by atoms with van der Waals surface area (Å²) in [6.45, 7) is 1.81. The van der Waals surface area contributed by atoms with Gasteiger partial charge in [-0.25, -0.2) is 4.79 Å². The highest BCUT2D eigenvalue weighted by molar-refractivity contribution is 9.10. The van der Waals surface area contributed by atoms with Crippen LogP contribution in [0.15, 0.2) is 39.2 Å². The standard InChI is InChI=1S/C13H11BrO3/c1-8(5-13(15)16-2)12-7-9-6-10(14)3-4-11(9)17-12/h3-7H,1-2H3/b8-5-. The first-order valence-electron chi connectivity index (χ1n) is 5.06. The van der Waals surface area contributed by atoms with Crippen LogP contribution in [0, 0.1) is 0 Å². The Morgan fingerprint density at radius 3 is 2.88 bits per heavy atom. The van der Waals surface area contributed by atoms with Crippen LogP contribution in [0.5, 0.6) is 0 Å². The summed E-state index contributed by atoms with van der Waals surface area (Å²) in [6.07, 6.45) is 1.41. The molecular formula is C13H11BrO3. The molecule has 0 aliphatic carbocycles. The van der Waals surface area contributed by atoms with Crippen molar-refractivity contribution in [2.45, 2.75) is 6.92 Å². The zero-order valence-electron chi connectivity index (χ0n) is 9.49. The lowest BCUT2D eigenvalue weighted by Crippen LogP contribution is -1.95. The van der Waals surface area contributed by atoms with Crippen LogP contribution in [0.4, 0.5) is 0 Å². The number of carbonyl (C=O) groups excluding carboxylic acids is 1. The van der Waals surface area contributed by atoms with Crippen molar-refractivity contribution in [3.8, 4) is 0 Å². The maximum atomic E-state index is 11.1. The summed E-state index contributed by atoms with van der Waals surface area (Å²) >= 11 is 3.40. The number of carbonyl (C=O) groups is 1. The van der Waals surface area contributed by atoms with Gasteiger partial charge in [0, 0.05) is 15.9 Å². The Balaban J connectivity index is 2.43. The van der Waals surface area contributed by atoms with Gasteiger partial charge in [0.25, 0.3) is 0 Å². The van der Waals surface area contributed by atoms with Gasteiger partial charge >= 0.3 is 5.97 Å². The molecule has 0 fully saturated rings. The van der Waals surface area contributed by atoms with Crippen LogP contribution >= 0.6 is 15.9 Å². The number of ether oxygens (including phenoxy) is 1. The molecule has 0 spiro atoms. The summed E-state index contributed by atoms with van der Waals surface area (Å²) in [7, 11) is 1.35. The normalized spacial score (nSPS) is 11.8. The van der Waals surface area contributed by atoms with E-state index in [1.807, 2.05) is 31.2 Å². The van der Waals surface area contributed by atoms with Gasteiger partial charge < -0.3 is 9.15 Å². The highest BCUT2D eigenvalue weighted by Gasteiger charge is 2.07. The van der Waals surface area contributed by atoms with Crippen molar-refractivity contribution in [2.75, 3.05) is 7.11 Å². The molecule has 4 heteroatoms. The molecule has 1 aromatic carbocycles. The maximum absolute atomic E-state index is 11.1. The number of hydrogen-bond acceptors (Lipinski definition) is 3. The number of methoxy groups -OCH3 is 1. The Bertz CT molecular complexity index is 596. The highest BCUT2D eigenvalue weighted by atomic mass is 79.9. The second kappa shape index (κ2) is 4.75. The number of furan rings is 1. The molecule has 0 radical (unpaired) electrons. The van der Waals surface area contributed by atoms with Gasteiger partial charge in [0.2, 0.25) is 0 Å². The van der Waals surface area contributed by atoms with Crippen molar-refractivity contribution in [1.29, 1.82) is 0 Å². The Morgan fingerprint density at radius 2 is 2.18 bits per heavy atom. The second-order valence-electron chi connectivity index (χ2n) is 3.64. The smallest absolute Gasteiger partial charge is 0.330 e. The topological polar surface area (TPSA) is 39.4 Å². The number of allylic oxidation sites excluding steroid dienone is 1. The van der Waals surface area contributed by atoms with E-state index in [4.69, 9.17) is 4.42 Å². The third kappa shape index (κ3) is 2.58. The number of esters is 1. The molecule has 0 unspecified atom stereocenters. The zero-order chi connectivity index (χ0) is 12.4. The predicted octanol–water partition coefficient (Wildman–Crippen LogP) is 3.77. The third-order valence-corrected chi connectivity index (χ3v) is 2.90. The summed E-state index contributed by atoms with van der Waals surface area (Å²) in [6, 6.07) is 7.66. The van der Waals surface area contributed by atoms with E-state index in [9.17, 15) is 4.79 Å². The summed E-state index contributed by atoms with van der Waals surface area (Å²) in [5.41, 5.74) is 1.53. The summed E-state index contributed by atoms with van der Waals surface area (Å²) < 4.78 is 11.2. The predicted molar refractivity (Wildman–Crippen MR) is 69.6 cm³/mol. The van der Waals surface area contributed by atoms with Crippen LogP contribution in [-0.2, 0) is 9.53 Å². The van der Waals surface area contributed by atoms with Crippen molar-refractivity contribution in [3.63, 3.8) is 0 Å². The lowest BCUT2D eigenvalue weighted by molar-refractivity contribution is -0.134. The third-order valence-electron chi connectivity index (χ3n) is 2.40. The van der Waals surface area contributed by atoms with Crippen molar-refractivity contribution >= 4 is 38.4 Å². The van der Waals surface area contributed by atoms with Crippen LogP contribution in [-0.4, -0.2) is 13.1 Å². The van der Waals surface area contributed by atoms with Crippen molar-refractivity contribution in [1.82, 2.24) is 0 Å². The minimum atomic E-state index is -0.385. The van der Waals surface area contributed by atoms with E-state index in [0.29, 0.717) is 5.76 Å². The minimum Gasteiger partial charge on any atom is -0.466 e. The van der Waals surface area contributed by atoms with Gasteiger partial charge in [-0.05, 0) is 36.8 Å². The molecule has 0 aliphatic rings. The Kier molecular flexibility index (Phi) is 3.33. The molecule has 17 heavy (non-hydrogen) atoms. The summed E-state index contributed by atoms with van der Waals surface area (Å²) in [4.78, 5) is 11.1. The number of hydrogen-bond donors (Lipinski definition) is 0. The fourth-order valence-corrected chi connectivity index (χ4v) is 1.89. The average molecular weight is 295 g/mol. The van der Waals surface area contributed by atoms with Gasteiger partial charge in [-0.15, -0.1) is 0 Å². The molecule has 1 aromatic heterocycles. The number of fused-ring (bicyclic) bond motifs is 1. The molecule has 0 N–H and O–H groups in total. The minimum absolute atomic E-state index is 0.385. The van der Waals surface area contributed by atoms with Gasteiger partial charge in [0.15, 0.2) is 0 Å². The summed E-state index contributed by atoms with van der Waals surface area (Å²) in [5.74, 6) is 0.285. The highest BCUT2D eigenvalue weighted by Crippen LogP contribution is 2.26. The Hall–Kier alpha value is -1.55. The molecule has 3 nitrogen and oxygen atoms in total. The van der Waals surface area contributed by atoms with E-state index < -0.39 is 0 Å². The van der Waals surface area contributed by atoms with Crippen molar-refractivity contribution in [3.05, 3.63) is 40.6 Å². The lowest BCUT2D eigenvalue weighted by Gasteiger charge is -1.95. The average Bonchev–Trinajstić information content (AvgIpc) is 2.71. The number of rotatable bonds is 2. The molecule has 1 heterocycles. The molecule has 0 saturated carbocycles. The fourth-order valence-electron chi connectivity index (χ4n) is 1.52. The first-order valence-corrected chi connectivity index (χ1v) is 5.85. The molecule has 2 aromatic rings. The Morgan fingerprint density at radius 1 is 1.41 bits per heavy atom. The van der Waals surface area contributed by atoms with Gasteiger partial charge in [0.1, 0.15) is 11.3 Å². The molecule has 0 aliphatic heterocycles. The number of halogens is 1. The van der Waals surface area contributed by atoms with E-state index in [2.05, 4.69) is 20.7 Å². The van der Waals surface area contributed by atoms with E-state index in [-0.39, 0.29) is 5.97 Å². The van der Waals surface area contributed by atoms with E-state index >= 15 is 0 Å². The first-order chi connectivity index (χ1) is 8.10. The summed E-state index contributed by atoms with van der Waals surface area (Å²) in [5, 5.41) is 0.993. The van der Waals surface area contributed by atoms with Crippen LogP contribution in [0.3, 0.4) is 0 Å². The first kappa shape index (κ1) is 11.9. The van der Waals surface area contributed by atoms with Crippen LogP contribution in [0.2, 0.25) is 0 Å².